The molecular weight excluding hydrogens is 429 g/mol. The predicted molar refractivity (Wildman–Crippen MR) is 91.0 cm³/mol. The molecule has 7 nitrogen and oxygen atoms in total. The van der Waals surface area contributed by atoms with Gasteiger partial charge >= 0.3 is 12.8 Å². The molecule has 0 radical (unpaired) electrons. The SMILES string of the molecule is CSN(Cc1ncc(-c2nnc(C(F)F)o2)s1)c1cncc(OC(F)(F)F)c1. The van der Waals surface area contributed by atoms with Crippen LogP contribution in [0.4, 0.5) is 27.6 Å². The number of ether oxygens (including phenoxy) is 1. The molecule has 0 atom stereocenters. The number of halogens is 5. The molecule has 0 aliphatic rings. The summed E-state index contributed by atoms with van der Waals surface area (Å²) >= 11 is 2.35. The molecule has 0 aromatic carbocycles. The molecule has 150 valence electrons. The molecule has 0 saturated carbocycles. The van der Waals surface area contributed by atoms with E-state index in [1.165, 1.54) is 30.4 Å². The average molecular weight is 439 g/mol. The minimum Gasteiger partial charge on any atom is -0.414 e. The van der Waals surface area contributed by atoms with E-state index in [1.54, 1.807) is 10.6 Å². The van der Waals surface area contributed by atoms with E-state index in [0.29, 0.717) is 15.6 Å². The van der Waals surface area contributed by atoms with Crippen molar-refractivity contribution in [3.8, 4) is 16.5 Å². The highest BCUT2D eigenvalue weighted by molar-refractivity contribution is 7.99. The van der Waals surface area contributed by atoms with E-state index in [0.717, 1.165) is 17.5 Å². The van der Waals surface area contributed by atoms with E-state index in [9.17, 15) is 22.0 Å². The van der Waals surface area contributed by atoms with Crippen LogP contribution in [0, 0.1) is 0 Å². The van der Waals surface area contributed by atoms with E-state index < -0.39 is 24.4 Å². The summed E-state index contributed by atoms with van der Waals surface area (Å²) in [5.41, 5.74) is 0.365. The van der Waals surface area contributed by atoms with Crippen LogP contribution in [-0.4, -0.2) is 32.8 Å². The van der Waals surface area contributed by atoms with Gasteiger partial charge in [-0.2, -0.15) is 8.78 Å². The van der Waals surface area contributed by atoms with Crippen LogP contribution in [0.3, 0.4) is 0 Å². The van der Waals surface area contributed by atoms with Crippen molar-refractivity contribution in [2.75, 3.05) is 10.6 Å². The van der Waals surface area contributed by atoms with Crippen molar-refractivity contribution < 1.29 is 31.1 Å². The Kier molecular flexibility index (Phi) is 5.98. The summed E-state index contributed by atoms with van der Waals surface area (Å²) in [7, 11) is 0. The molecule has 0 N–H and O–H groups in total. The van der Waals surface area contributed by atoms with E-state index in [1.807, 2.05) is 0 Å². The molecule has 0 bridgehead atoms. The Bertz CT molecular complexity index is 933. The summed E-state index contributed by atoms with van der Waals surface area (Å²) in [6.07, 6.45) is -2.26. The van der Waals surface area contributed by atoms with Gasteiger partial charge in [0.2, 0.25) is 0 Å². The van der Waals surface area contributed by atoms with Gasteiger partial charge in [-0.15, -0.1) is 34.7 Å². The van der Waals surface area contributed by atoms with Gasteiger partial charge in [-0.3, -0.25) is 4.98 Å². The monoisotopic (exact) mass is 439 g/mol. The Balaban J connectivity index is 1.75. The molecule has 3 aromatic heterocycles. The smallest absolute Gasteiger partial charge is 0.414 e. The Morgan fingerprint density at radius 3 is 2.68 bits per heavy atom. The summed E-state index contributed by atoms with van der Waals surface area (Å²) in [6.45, 7) is 0.207. The first-order valence-electron chi connectivity index (χ1n) is 7.34. The lowest BCUT2D eigenvalue weighted by Crippen LogP contribution is -2.18. The van der Waals surface area contributed by atoms with Crippen molar-refractivity contribution in [3.63, 3.8) is 0 Å². The Morgan fingerprint density at radius 1 is 1.25 bits per heavy atom. The number of aromatic nitrogens is 4. The van der Waals surface area contributed by atoms with Crippen LogP contribution in [0.1, 0.15) is 17.3 Å². The third kappa shape index (κ3) is 5.07. The number of anilines is 1. The topological polar surface area (TPSA) is 77.2 Å². The average Bonchev–Trinajstić information content (AvgIpc) is 3.27. The maximum Gasteiger partial charge on any atom is 0.573 e. The number of pyridine rings is 1. The Labute approximate surface area is 162 Å². The molecule has 0 fully saturated rings. The highest BCUT2D eigenvalue weighted by Crippen LogP contribution is 2.32. The van der Waals surface area contributed by atoms with Gasteiger partial charge in [0.15, 0.2) is 0 Å². The first-order valence-corrected chi connectivity index (χ1v) is 9.34. The molecular formula is C14H10F5N5O2S2. The number of thiazole rings is 1. The van der Waals surface area contributed by atoms with Gasteiger partial charge in [0.25, 0.3) is 11.8 Å². The maximum atomic E-state index is 12.5. The van der Waals surface area contributed by atoms with Crippen molar-refractivity contribution in [2.45, 2.75) is 19.3 Å². The molecule has 3 aromatic rings. The van der Waals surface area contributed by atoms with E-state index in [2.05, 4.69) is 24.9 Å². The van der Waals surface area contributed by atoms with Crippen molar-refractivity contribution in [3.05, 3.63) is 35.6 Å². The fraction of sp³-hybridized carbons (Fsp3) is 0.286. The normalized spacial score (nSPS) is 11.8. The molecule has 0 amide bonds. The third-order valence-electron chi connectivity index (χ3n) is 3.11. The lowest BCUT2D eigenvalue weighted by atomic mass is 10.4. The molecule has 0 unspecified atom stereocenters. The highest BCUT2D eigenvalue weighted by atomic mass is 32.2. The van der Waals surface area contributed by atoms with Crippen LogP contribution in [0.5, 0.6) is 5.75 Å². The predicted octanol–water partition coefficient (Wildman–Crippen LogP) is 4.71. The first-order chi connectivity index (χ1) is 13.2. The van der Waals surface area contributed by atoms with Gasteiger partial charge < -0.3 is 13.5 Å². The van der Waals surface area contributed by atoms with Crippen LogP contribution in [0.25, 0.3) is 10.8 Å². The second-order valence-corrected chi connectivity index (χ2v) is 6.93. The molecule has 0 spiro atoms. The molecule has 0 saturated heterocycles. The minimum atomic E-state index is -4.82. The largest absolute Gasteiger partial charge is 0.573 e. The van der Waals surface area contributed by atoms with Crippen molar-refractivity contribution in [1.29, 1.82) is 0 Å². The van der Waals surface area contributed by atoms with Crippen molar-refractivity contribution in [1.82, 2.24) is 20.2 Å². The number of nitrogens with zero attached hydrogens (tertiary/aromatic N) is 5. The third-order valence-corrected chi connectivity index (χ3v) is 4.86. The molecule has 0 aliphatic carbocycles. The maximum absolute atomic E-state index is 12.5. The van der Waals surface area contributed by atoms with E-state index in [4.69, 9.17) is 4.42 Å². The number of rotatable bonds is 7. The van der Waals surface area contributed by atoms with Crippen LogP contribution >= 0.6 is 23.3 Å². The van der Waals surface area contributed by atoms with Gasteiger partial charge in [0.05, 0.1) is 30.8 Å². The van der Waals surface area contributed by atoms with E-state index >= 15 is 0 Å². The van der Waals surface area contributed by atoms with Crippen LogP contribution < -0.4 is 9.04 Å². The van der Waals surface area contributed by atoms with Gasteiger partial charge in [-0.05, 0) is 0 Å². The van der Waals surface area contributed by atoms with Crippen LogP contribution in [0.15, 0.2) is 29.1 Å². The number of hydrogen-bond acceptors (Lipinski definition) is 9. The molecule has 14 heteroatoms. The summed E-state index contributed by atoms with van der Waals surface area (Å²) in [4.78, 5) is 8.30. The Hall–Kier alpha value is -2.48. The minimum absolute atomic E-state index is 0.0861. The summed E-state index contributed by atoms with van der Waals surface area (Å²) in [5.74, 6) is -1.32. The van der Waals surface area contributed by atoms with E-state index in [-0.39, 0.29) is 12.4 Å². The Morgan fingerprint density at radius 2 is 2.04 bits per heavy atom. The second kappa shape index (κ2) is 8.26. The zero-order valence-electron chi connectivity index (χ0n) is 13.9. The van der Waals surface area contributed by atoms with Gasteiger partial charge in [-0.1, -0.05) is 11.9 Å². The molecule has 28 heavy (non-hydrogen) atoms. The second-order valence-electron chi connectivity index (χ2n) is 5.01. The van der Waals surface area contributed by atoms with Crippen LogP contribution in [0.2, 0.25) is 0 Å². The lowest BCUT2D eigenvalue weighted by molar-refractivity contribution is -0.274. The van der Waals surface area contributed by atoms with Gasteiger partial charge in [0.1, 0.15) is 15.6 Å². The number of hydrogen-bond donors (Lipinski definition) is 0. The first kappa shape index (κ1) is 20.3. The summed E-state index contributed by atoms with van der Waals surface area (Å²) in [6, 6.07) is 1.19. The summed E-state index contributed by atoms with van der Waals surface area (Å²) in [5, 5.41) is 7.34. The molecule has 0 aliphatic heterocycles. The number of alkyl halides is 5. The van der Waals surface area contributed by atoms with Crippen LogP contribution in [-0.2, 0) is 6.54 Å². The quantitative estimate of drug-likeness (QED) is 0.387. The fourth-order valence-corrected chi connectivity index (χ4v) is 3.49. The summed E-state index contributed by atoms with van der Waals surface area (Å²) < 4.78 is 72.6. The highest BCUT2D eigenvalue weighted by Gasteiger charge is 2.31. The fourth-order valence-electron chi connectivity index (χ4n) is 2.02. The molecule has 3 rings (SSSR count). The molecule has 3 heterocycles. The van der Waals surface area contributed by atoms with Crippen molar-refractivity contribution in [2.24, 2.45) is 0 Å². The standard InChI is InChI=1S/C14H10F5N5O2S2/c1-27-24(7-2-8(4-20-3-7)26-14(17,18)19)6-10-21-5-9(28-10)12-22-23-13(25-12)11(15)16/h2-5,11H,6H2,1H3. The van der Waals surface area contributed by atoms with Gasteiger partial charge in [0, 0.05) is 12.3 Å². The zero-order chi connectivity index (χ0) is 20.3. The van der Waals surface area contributed by atoms with Crippen molar-refractivity contribution >= 4 is 29.0 Å². The van der Waals surface area contributed by atoms with Gasteiger partial charge in [-0.25, -0.2) is 4.98 Å². The lowest BCUT2D eigenvalue weighted by Gasteiger charge is -2.20. The zero-order valence-corrected chi connectivity index (χ0v) is 15.5.